The van der Waals surface area contributed by atoms with Crippen LogP contribution in [-0.4, -0.2) is 46.8 Å². The number of hydrogen-bond donors (Lipinski definition) is 3. The number of aliphatic hydroxyl groups is 3. The summed E-state index contributed by atoms with van der Waals surface area (Å²) in [4.78, 5) is 0. The Kier molecular flexibility index (Phi) is 7.62. The van der Waals surface area contributed by atoms with E-state index in [1.54, 1.807) is 0 Å². The molecule has 190 valence electrons. The Balaban J connectivity index is 1.22. The van der Waals surface area contributed by atoms with Crippen LogP contribution in [0.25, 0.3) is 0 Å². The zero-order valence-electron chi connectivity index (χ0n) is 20.1. The first-order chi connectivity index (χ1) is 17.4. The van der Waals surface area contributed by atoms with Gasteiger partial charge in [0.25, 0.3) is 0 Å². The summed E-state index contributed by atoms with van der Waals surface area (Å²) in [6.45, 7) is 2.81. The van der Waals surface area contributed by atoms with Crippen molar-refractivity contribution in [3.63, 3.8) is 0 Å². The molecular formula is C29H31ClO6. The van der Waals surface area contributed by atoms with Gasteiger partial charge in [0.15, 0.2) is 0 Å². The molecule has 0 amide bonds. The number of fused-ring (bicyclic) bond motifs is 1. The van der Waals surface area contributed by atoms with Gasteiger partial charge < -0.3 is 29.5 Å². The van der Waals surface area contributed by atoms with Crippen LogP contribution in [0.2, 0.25) is 5.02 Å². The van der Waals surface area contributed by atoms with Crippen molar-refractivity contribution < 1.29 is 29.5 Å². The zero-order chi connectivity index (χ0) is 25.2. The van der Waals surface area contributed by atoms with Gasteiger partial charge in [-0.05, 0) is 59.4 Å². The molecule has 0 unspecified atom stereocenters. The number of rotatable bonds is 7. The van der Waals surface area contributed by atoms with Crippen molar-refractivity contribution >= 4 is 11.6 Å². The molecule has 1 fully saturated rings. The predicted molar refractivity (Wildman–Crippen MR) is 136 cm³/mol. The molecule has 2 aliphatic heterocycles. The Morgan fingerprint density at radius 1 is 1.03 bits per heavy atom. The van der Waals surface area contributed by atoms with E-state index in [9.17, 15) is 15.3 Å². The largest absolute Gasteiger partial charge is 0.491 e. The van der Waals surface area contributed by atoms with E-state index < -0.39 is 24.4 Å². The van der Waals surface area contributed by atoms with Gasteiger partial charge in [0.1, 0.15) is 30.7 Å². The van der Waals surface area contributed by atoms with Gasteiger partial charge in [-0.3, -0.25) is 0 Å². The first kappa shape index (κ1) is 25.2. The lowest BCUT2D eigenvalue weighted by molar-refractivity contribution is -0.181. The van der Waals surface area contributed by atoms with Crippen molar-refractivity contribution in [2.24, 2.45) is 0 Å². The first-order valence-corrected chi connectivity index (χ1v) is 12.6. The van der Waals surface area contributed by atoms with Crippen molar-refractivity contribution in [2.75, 3.05) is 13.2 Å². The molecule has 3 N–H and O–H groups in total. The fraction of sp³-hybridized carbons (Fsp3) is 0.379. The molecule has 0 saturated carbocycles. The minimum absolute atomic E-state index is 0.0612. The molecule has 5 rings (SSSR count). The Morgan fingerprint density at radius 3 is 2.61 bits per heavy atom. The van der Waals surface area contributed by atoms with Gasteiger partial charge in [0, 0.05) is 11.4 Å². The molecule has 36 heavy (non-hydrogen) atoms. The molecule has 1 saturated heterocycles. The second kappa shape index (κ2) is 10.9. The average molecular weight is 511 g/mol. The van der Waals surface area contributed by atoms with Gasteiger partial charge >= 0.3 is 0 Å². The third-order valence-electron chi connectivity index (χ3n) is 7.00. The van der Waals surface area contributed by atoms with Crippen LogP contribution in [0.15, 0.2) is 60.7 Å². The van der Waals surface area contributed by atoms with E-state index in [1.165, 1.54) is 16.7 Å². The van der Waals surface area contributed by atoms with Crippen LogP contribution in [0.1, 0.15) is 52.0 Å². The molecule has 0 aromatic heterocycles. The summed E-state index contributed by atoms with van der Waals surface area (Å²) in [5.74, 6) is 0.779. The van der Waals surface area contributed by atoms with Crippen LogP contribution in [0.5, 0.6) is 5.75 Å². The average Bonchev–Trinajstić information content (AvgIpc) is 3.28. The highest BCUT2D eigenvalue weighted by Crippen LogP contribution is 2.35. The summed E-state index contributed by atoms with van der Waals surface area (Å²) in [6.07, 6.45) is -2.50. The van der Waals surface area contributed by atoms with Crippen molar-refractivity contribution in [3.8, 4) is 5.75 Å². The fourth-order valence-corrected chi connectivity index (χ4v) is 5.12. The number of aliphatic hydroxyl groups excluding tert-OH is 3. The van der Waals surface area contributed by atoms with Gasteiger partial charge in [-0.15, -0.1) is 0 Å². The first-order valence-electron chi connectivity index (χ1n) is 12.2. The zero-order valence-corrected chi connectivity index (χ0v) is 20.9. The summed E-state index contributed by atoms with van der Waals surface area (Å²) in [6, 6.07) is 20.0. The second-order valence-corrected chi connectivity index (χ2v) is 10.0. The topological polar surface area (TPSA) is 88.4 Å². The highest BCUT2D eigenvalue weighted by Gasteiger charge is 2.37. The fourth-order valence-electron chi connectivity index (χ4n) is 4.94. The Morgan fingerprint density at radius 2 is 1.83 bits per heavy atom. The molecule has 0 bridgehead atoms. The van der Waals surface area contributed by atoms with Crippen LogP contribution >= 0.6 is 11.6 Å². The van der Waals surface area contributed by atoms with Crippen molar-refractivity contribution in [3.05, 3.63) is 99.1 Å². The van der Waals surface area contributed by atoms with E-state index in [2.05, 4.69) is 25.1 Å². The molecule has 7 heteroatoms. The van der Waals surface area contributed by atoms with E-state index >= 15 is 0 Å². The van der Waals surface area contributed by atoms with Crippen molar-refractivity contribution in [1.82, 2.24) is 0 Å². The maximum Gasteiger partial charge on any atom is 0.119 e. The lowest BCUT2D eigenvalue weighted by Gasteiger charge is -2.36. The second-order valence-electron chi connectivity index (χ2n) is 9.62. The van der Waals surface area contributed by atoms with Crippen LogP contribution < -0.4 is 4.74 Å². The summed E-state index contributed by atoms with van der Waals surface area (Å²) in [5.41, 5.74) is 6.52. The maximum atomic E-state index is 10.2. The molecule has 3 aromatic carbocycles. The van der Waals surface area contributed by atoms with Crippen molar-refractivity contribution in [2.45, 2.75) is 56.9 Å². The SMILES string of the molecule is Cc1ccc2c(c1)CO[C@H]2COc1ccc(Cc2cc([C@H]3C[C@@H](O)[C@H](O)[C@@H](CO)O3)ccc2Cl)cc1. The van der Waals surface area contributed by atoms with E-state index in [1.807, 2.05) is 42.5 Å². The third-order valence-corrected chi connectivity index (χ3v) is 7.36. The van der Waals surface area contributed by atoms with E-state index in [0.717, 1.165) is 22.4 Å². The predicted octanol–water partition coefficient (Wildman–Crippen LogP) is 4.43. The monoisotopic (exact) mass is 510 g/mol. The smallest absolute Gasteiger partial charge is 0.119 e. The molecule has 3 aromatic rings. The summed E-state index contributed by atoms with van der Waals surface area (Å²) in [5, 5.41) is 30.3. The van der Waals surface area contributed by atoms with E-state index in [4.69, 9.17) is 25.8 Å². The standard InChI is InChI=1S/C29H31ClO6/c1-17-2-8-23-21(10-17)15-35-28(23)16-34-22-6-3-18(4-7-22)11-20-12-19(5-9-24(20)30)26-13-25(32)29(33)27(14-31)36-26/h2-10,12,25-29,31-33H,11,13-16H2,1H3/t25-,26-,27-,28+,29+/m1/s1. The Hall–Kier alpha value is -2.45. The van der Waals surface area contributed by atoms with Gasteiger partial charge in [0.2, 0.25) is 0 Å². The lowest BCUT2D eigenvalue weighted by Crippen LogP contribution is -2.47. The Labute approximate surface area is 216 Å². The van der Waals surface area contributed by atoms with Crippen LogP contribution in [-0.2, 0) is 22.5 Å². The number of aryl methyl sites for hydroxylation is 1. The van der Waals surface area contributed by atoms with Crippen molar-refractivity contribution in [1.29, 1.82) is 0 Å². The van der Waals surface area contributed by atoms with Crippen LogP contribution in [0.4, 0.5) is 0 Å². The third kappa shape index (κ3) is 5.44. The molecule has 0 aliphatic carbocycles. The van der Waals surface area contributed by atoms with Crippen LogP contribution in [0, 0.1) is 6.92 Å². The number of benzene rings is 3. The quantitative estimate of drug-likeness (QED) is 0.436. The van der Waals surface area contributed by atoms with E-state index in [0.29, 0.717) is 24.7 Å². The molecule has 2 aliphatic rings. The van der Waals surface area contributed by atoms with Gasteiger partial charge in [0.05, 0.1) is 25.4 Å². The molecule has 2 heterocycles. The van der Waals surface area contributed by atoms with Gasteiger partial charge in [-0.25, -0.2) is 0 Å². The summed E-state index contributed by atoms with van der Waals surface area (Å²) >= 11 is 6.49. The molecule has 0 radical (unpaired) electrons. The molecule has 5 atom stereocenters. The molecule has 6 nitrogen and oxygen atoms in total. The summed E-state index contributed by atoms with van der Waals surface area (Å²) in [7, 11) is 0. The molecular weight excluding hydrogens is 480 g/mol. The van der Waals surface area contributed by atoms with E-state index in [-0.39, 0.29) is 19.1 Å². The molecule has 0 spiro atoms. The van der Waals surface area contributed by atoms with Crippen LogP contribution in [0.3, 0.4) is 0 Å². The number of halogens is 1. The Bertz CT molecular complexity index is 1200. The number of hydrogen-bond acceptors (Lipinski definition) is 6. The van der Waals surface area contributed by atoms with Gasteiger partial charge in [-0.1, -0.05) is 59.6 Å². The highest BCUT2D eigenvalue weighted by atomic mass is 35.5. The van der Waals surface area contributed by atoms with Gasteiger partial charge in [-0.2, -0.15) is 0 Å². The summed E-state index contributed by atoms with van der Waals surface area (Å²) < 4.78 is 17.8. The maximum absolute atomic E-state index is 10.2. The number of ether oxygens (including phenoxy) is 3. The normalized spacial score (nSPS) is 25.5. The minimum atomic E-state index is -1.10. The minimum Gasteiger partial charge on any atom is -0.491 e. The highest BCUT2D eigenvalue weighted by molar-refractivity contribution is 6.31. The lowest BCUT2D eigenvalue weighted by atomic mass is 9.92.